The lowest BCUT2D eigenvalue weighted by atomic mass is 10.0. The lowest BCUT2D eigenvalue weighted by Crippen LogP contribution is -2.10. The minimum absolute atomic E-state index is 0.235. The van der Waals surface area contributed by atoms with E-state index in [1.54, 1.807) is 30.4 Å². The van der Waals surface area contributed by atoms with Gasteiger partial charge in [-0.15, -0.1) is 0 Å². The van der Waals surface area contributed by atoms with Gasteiger partial charge in [-0.05, 0) is 30.7 Å². The Kier molecular flexibility index (Phi) is 3.08. The van der Waals surface area contributed by atoms with Crippen molar-refractivity contribution in [1.29, 1.82) is 0 Å². The van der Waals surface area contributed by atoms with Gasteiger partial charge in [0.25, 0.3) is 0 Å². The summed E-state index contributed by atoms with van der Waals surface area (Å²) < 4.78 is 38.8. The molecule has 1 heterocycles. The molecule has 0 radical (unpaired) electrons. The Labute approximate surface area is 118 Å². The fourth-order valence-corrected chi connectivity index (χ4v) is 2.26. The number of hydrogen-bond acceptors (Lipinski definition) is 2. The van der Waals surface area contributed by atoms with E-state index in [1.165, 1.54) is 0 Å². The highest BCUT2D eigenvalue weighted by molar-refractivity contribution is 5.95. The molecule has 1 aromatic carbocycles. The number of benzene rings is 1. The summed E-state index contributed by atoms with van der Waals surface area (Å²) in [7, 11) is 0. The van der Waals surface area contributed by atoms with Crippen LogP contribution >= 0.6 is 0 Å². The van der Waals surface area contributed by atoms with Crippen LogP contribution < -0.4 is 5.73 Å². The van der Waals surface area contributed by atoms with Crippen molar-refractivity contribution in [3.63, 3.8) is 0 Å². The van der Waals surface area contributed by atoms with Crippen LogP contribution in [-0.4, -0.2) is 16.4 Å². The van der Waals surface area contributed by atoms with E-state index in [9.17, 15) is 13.2 Å². The van der Waals surface area contributed by atoms with Gasteiger partial charge in [-0.1, -0.05) is 18.2 Å². The number of hydrogen-bond donors (Lipinski definition) is 2. The quantitative estimate of drug-likeness (QED) is 0.781. The summed E-state index contributed by atoms with van der Waals surface area (Å²) in [4.78, 5) is 0. The molecule has 1 aromatic heterocycles. The number of alkyl halides is 3. The van der Waals surface area contributed by atoms with Crippen LogP contribution in [-0.2, 0) is 0 Å². The highest BCUT2D eigenvalue weighted by Gasteiger charge is 2.32. The molecule has 0 fully saturated rings. The van der Waals surface area contributed by atoms with Crippen LogP contribution in [0.3, 0.4) is 0 Å². The number of fused-ring (bicyclic) bond motifs is 1. The second-order valence-corrected chi connectivity index (χ2v) is 4.77. The molecule has 1 aliphatic carbocycles. The van der Waals surface area contributed by atoms with E-state index in [-0.39, 0.29) is 6.42 Å². The average molecular weight is 291 g/mol. The third-order valence-corrected chi connectivity index (χ3v) is 3.27. The van der Waals surface area contributed by atoms with Crippen LogP contribution in [0.5, 0.6) is 0 Å². The number of rotatable bonds is 1. The van der Waals surface area contributed by atoms with Gasteiger partial charge < -0.3 is 5.73 Å². The zero-order chi connectivity index (χ0) is 15.0. The minimum atomic E-state index is -4.37. The van der Waals surface area contributed by atoms with Gasteiger partial charge in [0.05, 0.1) is 16.8 Å². The first-order valence-corrected chi connectivity index (χ1v) is 6.35. The summed E-state index contributed by atoms with van der Waals surface area (Å²) in [5.74, 6) is 0. The molecule has 0 unspecified atom stereocenters. The number of H-pyrrole nitrogens is 1. The van der Waals surface area contributed by atoms with E-state index in [2.05, 4.69) is 10.2 Å². The number of anilines is 1. The largest absolute Gasteiger partial charge is 0.416 e. The molecule has 0 saturated carbocycles. The van der Waals surface area contributed by atoms with Crippen molar-refractivity contribution >= 4 is 22.2 Å². The standard InChI is InChI=1S/C15H12F3N3/c16-15(17,18)10-4-2-1-3-9(7-10)14-12-8-11(19)5-6-13(12)20-21-14/h1,3-8H,2,19H2,(H,20,21). The topological polar surface area (TPSA) is 54.7 Å². The van der Waals surface area contributed by atoms with Crippen molar-refractivity contribution in [2.75, 3.05) is 5.73 Å². The molecule has 1 aliphatic rings. The van der Waals surface area contributed by atoms with E-state index in [0.29, 0.717) is 22.3 Å². The Hall–Kier alpha value is -2.50. The van der Waals surface area contributed by atoms with Crippen molar-refractivity contribution in [3.05, 3.63) is 53.8 Å². The van der Waals surface area contributed by atoms with Crippen LogP contribution in [0.2, 0.25) is 0 Å². The zero-order valence-corrected chi connectivity index (χ0v) is 10.9. The van der Waals surface area contributed by atoms with Crippen molar-refractivity contribution in [2.24, 2.45) is 0 Å². The number of nitrogens with zero attached hydrogens (tertiary/aromatic N) is 1. The van der Waals surface area contributed by atoms with Gasteiger partial charge in [-0.25, -0.2) is 0 Å². The first-order chi connectivity index (χ1) is 9.95. The molecule has 3 rings (SSSR count). The second kappa shape index (κ2) is 4.80. The van der Waals surface area contributed by atoms with E-state index >= 15 is 0 Å². The Bertz CT molecular complexity index is 779. The highest BCUT2D eigenvalue weighted by atomic mass is 19.4. The summed E-state index contributed by atoms with van der Waals surface area (Å²) in [6.07, 6.45) is 1.46. The fourth-order valence-electron chi connectivity index (χ4n) is 2.26. The number of nitrogens with one attached hydrogen (secondary N) is 1. The summed E-state index contributed by atoms with van der Waals surface area (Å²) in [5.41, 5.74) is 7.22. The number of nitrogen functional groups attached to an aromatic ring is 1. The Morgan fingerprint density at radius 2 is 2.05 bits per heavy atom. The van der Waals surface area contributed by atoms with Crippen molar-refractivity contribution in [3.8, 4) is 0 Å². The van der Waals surface area contributed by atoms with Gasteiger partial charge in [0.2, 0.25) is 0 Å². The van der Waals surface area contributed by atoms with Gasteiger partial charge >= 0.3 is 6.18 Å². The fraction of sp³-hybridized carbons (Fsp3) is 0.133. The van der Waals surface area contributed by atoms with Gasteiger partial charge in [0, 0.05) is 16.6 Å². The van der Waals surface area contributed by atoms with Gasteiger partial charge in [-0.2, -0.15) is 18.3 Å². The first kappa shape index (κ1) is 13.5. The van der Waals surface area contributed by atoms with Crippen molar-refractivity contribution in [1.82, 2.24) is 10.2 Å². The molecular weight excluding hydrogens is 279 g/mol. The maximum Gasteiger partial charge on any atom is 0.416 e. The first-order valence-electron chi connectivity index (χ1n) is 6.35. The smallest absolute Gasteiger partial charge is 0.399 e. The van der Waals surface area contributed by atoms with Crippen LogP contribution in [0, 0.1) is 0 Å². The molecule has 0 amide bonds. The molecule has 3 nitrogen and oxygen atoms in total. The number of halogens is 3. The van der Waals surface area contributed by atoms with E-state index in [0.717, 1.165) is 17.7 Å². The second-order valence-electron chi connectivity index (χ2n) is 4.77. The van der Waals surface area contributed by atoms with Crippen LogP contribution in [0.15, 0.2) is 48.1 Å². The SMILES string of the molecule is Nc1ccc2[nH]nc(C3=CC(C(F)(F)F)=CCC=C3)c2c1. The number of aromatic nitrogens is 2. The molecule has 0 aliphatic heterocycles. The van der Waals surface area contributed by atoms with Crippen molar-refractivity contribution in [2.45, 2.75) is 12.6 Å². The molecule has 108 valence electrons. The summed E-state index contributed by atoms with van der Waals surface area (Å²) in [6.45, 7) is 0. The van der Waals surface area contributed by atoms with E-state index in [4.69, 9.17) is 5.73 Å². The van der Waals surface area contributed by atoms with E-state index < -0.39 is 11.7 Å². The summed E-state index contributed by atoms with van der Waals surface area (Å²) in [6, 6.07) is 5.16. The Morgan fingerprint density at radius 3 is 2.81 bits per heavy atom. The van der Waals surface area contributed by atoms with Gasteiger partial charge in [0.1, 0.15) is 0 Å². The van der Waals surface area contributed by atoms with Crippen LogP contribution in [0.1, 0.15) is 12.1 Å². The van der Waals surface area contributed by atoms with E-state index in [1.807, 2.05) is 0 Å². The zero-order valence-electron chi connectivity index (χ0n) is 10.9. The molecule has 2 aromatic rings. The molecule has 0 saturated heterocycles. The number of allylic oxidation sites excluding steroid dienone is 6. The molecule has 0 atom stereocenters. The normalized spacial score (nSPS) is 15.8. The number of aromatic amines is 1. The summed E-state index contributed by atoms with van der Waals surface area (Å²) >= 11 is 0. The lowest BCUT2D eigenvalue weighted by molar-refractivity contribution is -0.0883. The molecule has 21 heavy (non-hydrogen) atoms. The monoisotopic (exact) mass is 291 g/mol. The maximum atomic E-state index is 12.9. The highest BCUT2D eigenvalue weighted by Crippen LogP contribution is 2.33. The van der Waals surface area contributed by atoms with Gasteiger partial charge in [0.15, 0.2) is 0 Å². The number of nitrogens with two attached hydrogens (primary N) is 1. The third-order valence-electron chi connectivity index (χ3n) is 3.27. The maximum absolute atomic E-state index is 12.9. The molecular formula is C15H12F3N3. The predicted molar refractivity (Wildman–Crippen MR) is 76.4 cm³/mol. The lowest BCUT2D eigenvalue weighted by Gasteiger charge is -2.07. The third kappa shape index (κ3) is 2.56. The molecule has 0 spiro atoms. The van der Waals surface area contributed by atoms with Crippen LogP contribution in [0.25, 0.3) is 16.5 Å². The molecule has 6 heteroatoms. The molecule has 3 N–H and O–H groups in total. The predicted octanol–water partition coefficient (Wildman–Crippen LogP) is 3.98. The Balaban J connectivity index is 2.15. The summed E-state index contributed by atoms with van der Waals surface area (Å²) in [5, 5.41) is 7.63. The minimum Gasteiger partial charge on any atom is -0.399 e. The average Bonchev–Trinajstić information content (AvgIpc) is 2.66. The van der Waals surface area contributed by atoms with Crippen molar-refractivity contribution < 1.29 is 13.2 Å². The Morgan fingerprint density at radius 1 is 1.24 bits per heavy atom. The van der Waals surface area contributed by atoms with Crippen LogP contribution in [0.4, 0.5) is 18.9 Å². The van der Waals surface area contributed by atoms with Gasteiger partial charge in [-0.3, -0.25) is 5.10 Å². The molecule has 0 bridgehead atoms.